The van der Waals surface area contributed by atoms with Crippen molar-refractivity contribution < 1.29 is 24.2 Å². The molecule has 0 bridgehead atoms. The molecular formula is C20H23NO5S. The number of carbonyl (C=O) groups is 2. The Bertz CT molecular complexity index is 867. The van der Waals surface area contributed by atoms with Gasteiger partial charge in [0, 0.05) is 6.42 Å². The van der Waals surface area contributed by atoms with E-state index in [0.29, 0.717) is 4.91 Å². The molecule has 7 heteroatoms. The fourth-order valence-electron chi connectivity index (χ4n) is 2.51. The van der Waals surface area contributed by atoms with Crippen LogP contribution in [0.1, 0.15) is 37.0 Å². The highest BCUT2D eigenvalue weighted by molar-refractivity contribution is 8.18. The predicted molar refractivity (Wildman–Crippen MR) is 107 cm³/mol. The number of aliphatic hydroxyl groups is 1. The first-order valence-corrected chi connectivity index (χ1v) is 9.41. The molecule has 1 N–H and O–H groups in total. The largest absolute Gasteiger partial charge is 0.506 e. The van der Waals surface area contributed by atoms with Gasteiger partial charge in [-0.2, -0.15) is 0 Å². The van der Waals surface area contributed by atoms with Gasteiger partial charge in [0.1, 0.15) is 22.1 Å². The number of benzene rings is 1. The second-order valence-electron chi connectivity index (χ2n) is 5.90. The van der Waals surface area contributed by atoms with Crippen LogP contribution in [0.15, 0.2) is 33.4 Å². The normalized spacial score (nSPS) is 16.9. The van der Waals surface area contributed by atoms with Crippen molar-refractivity contribution in [3.05, 3.63) is 45.1 Å². The third kappa shape index (κ3) is 4.60. The Morgan fingerprint density at radius 2 is 1.93 bits per heavy atom. The van der Waals surface area contributed by atoms with Crippen LogP contribution in [0.5, 0.6) is 5.75 Å². The first-order valence-electron chi connectivity index (χ1n) is 8.59. The summed E-state index contributed by atoms with van der Waals surface area (Å²) in [7, 11) is 1.61. The number of hydrogen-bond donors (Lipinski definition) is 1. The molecule has 1 amide bonds. The summed E-state index contributed by atoms with van der Waals surface area (Å²) in [5.74, 6) is -0.522. The van der Waals surface area contributed by atoms with E-state index in [-0.39, 0.29) is 35.3 Å². The second-order valence-corrected chi connectivity index (χ2v) is 6.93. The summed E-state index contributed by atoms with van der Waals surface area (Å²) in [4.78, 5) is 28.4. The van der Waals surface area contributed by atoms with Crippen LogP contribution in [-0.2, 0) is 14.3 Å². The molecule has 6 nitrogen and oxygen atoms in total. The number of esters is 1. The molecule has 0 fully saturated rings. The van der Waals surface area contributed by atoms with Gasteiger partial charge in [-0.25, -0.2) is 9.79 Å². The molecule has 0 saturated heterocycles. The number of rotatable bonds is 5. The fourth-order valence-corrected chi connectivity index (χ4v) is 3.54. The number of nitrogens with zero attached hydrogens (tertiary/aromatic N) is 1. The number of hydrogen-bond acceptors (Lipinski definition) is 6. The molecule has 0 aromatic heterocycles. The quantitative estimate of drug-likeness (QED) is 0.763. The lowest BCUT2D eigenvalue weighted by Crippen LogP contribution is -2.14. The molecule has 0 spiro atoms. The van der Waals surface area contributed by atoms with Crippen molar-refractivity contribution in [3.63, 3.8) is 0 Å². The zero-order chi connectivity index (χ0) is 20.1. The standard InChI is InChI=1S/C20H23NO5S/c1-6-16(22)21-19-17(20(24)26-7-2)18(23)15(27-19)10-13-8-12(4)14(25-5)9-11(13)3/h8-10,23H,6-7H2,1-5H3/b15-10-,21-19?. The molecular weight excluding hydrogens is 366 g/mol. The van der Waals surface area contributed by atoms with Gasteiger partial charge in [0.15, 0.2) is 0 Å². The highest BCUT2D eigenvalue weighted by Crippen LogP contribution is 2.40. The van der Waals surface area contributed by atoms with Gasteiger partial charge < -0.3 is 14.6 Å². The summed E-state index contributed by atoms with van der Waals surface area (Å²) in [6, 6.07) is 3.84. The molecule has 27 heavy (non-hydrogen) atoms. The van der Waals surface area contributed by atoms with Gasteiger partial charge in [0.05, 0.1) is 18.6 Å². The highest BCUT2D eigenvalue weighted by Gasteiger charge is 2.33. The van der Waals surface area contributed by atoms with Crippen LogP contribution in [0.2, 0.25) is 0 Å². The van der Waals surface area contributed by atoms with E-state index in [1.807, 2.05) is 26.0 Å². The molecule has 0 aliphatic carbocycles. The third-order valence-corrected chi connectivity index (χ3v) is 4.99. The van der Waals surface area contributed by atoms with E-state index in [1.54, 1.807) is 27.0 Å². The summed E-state index contributed by atoms with van der Waals surface area (Å²) in [5, 5.41) is 10.8. The maximum Gasteiger partial charge on any atom is 0.344 e. The molecule has 1 aliphatic rings. The van der Waals surface area contributed by atoms with Crippen LogP contribution in [-0.4, -0.2) is 35.7 Å². The van der Waals surface area contributed by atoms with Gasteiger partial charge in [0.2, 0.25) is 5.91 Å². The average molecular weight is 389 g/mol. The number of methoxy groups -OCH3 is 1. The molecule has 2 rings (SSSR count). The Kier molecular flexibility index (Phi) is 6.85. The molecule has 1 aromatic carbocycles. The van der Waals surface area contributed by atoms with E-state index in [9.17, 15) is 14.7 Å². The number of ether oxygens (including phenoxy) is 2. The molecule has 1 heterocycles. The van der Waals surface area contributed by atoms with Gasteiger partial charge >= 0.3 is 5.97 Å². The van der Waals surface area contributed by atoms with Crippen LogP contribution in [0, 0.1) is 13.8 Å². The lowest BCUT2D eigenvalue weighted by atomic mass is 10.0. The van der Waals surface area contributed by atoms with Crippen molar-refractivity contribution in [2.75, 3.05) is 13.7 Å². The maximum atomic E-state index is 12.2. The monoisotopic (exact) mass is 389 g/mol. The number of aliphatic hydroxyl groups excluding tert-OH is 1. The molecule has 1 aliphatic heterocycles. The lowest BCUT2D eigenvalue weighted by molar-refractivity contribution is -0.138. The minimum atomic E-state index is -0.698. The van der Waals surface area contributed by atoms with Crippen molar-refractivity contribution >= 4 is 34.8 Å². The van der Waals surface area contributed by atoms with Crippen LogP contribution in [0.25, 0.3) is 6.08 Å². The van der Waals surface area contributed by atoms with E-state index in [0.717, 1.165) is 34.2 Å². The summed E-state index contributed by atoms with van der Waals surface area (Å²) >= 11 is 1.08. The summed E-state index contributed by atoms with van der Waals surface area (Å²) in [6.07, 6.45) is 1.97. The minimum absolute atomic E-state index is 0.0715. The van der Waals surface area contributed by atoms with Crippen LogP contribution in [0.4, 0.5) is 0 Å². The minimum Gasteiger partial charge on any atom is -0.506 e. The van der Waals surface area contributed by atoms with Crippen molar-refractivity contribution in [1.82, 2.24) is 0 Å². The van der Waals surface area contributed by atoms with E-state index in [2.05, 4.69) is 4.99 Å². The first kappa shape index (κ1) is 20.8. The van der Waals surface area contributed by atoms with Crippen LogP contribution < -0.4 is 4.74 Å². The van der Waals surface area contributed by atoms with Gasteiger partial charge in [-0.3, -0.25) is 4.79 Å². The molecule has 0 radical (unpaired) electrons. The second kappa shape index (κ2) is 8.90. The smallest absolute Gasteiger partial charge is 0.344 e. The van der Waals surface area contributed by atoms with Crippen molar-refractivity contribution in [2.45, 2.75) is 34.1 Å². The number of aryl methyl sites for hydroxylation is 2. The highest BCUT2D eigenvalue weighted by atomic mass is 32.2. The van der Waals surface area contributed by atoms with Crippen molar-refractivity contribution in [3.8, 4) is 5.75 Å². The van der Waals surface area contributed by atoms with Gasteiger partial charge in [-0.05, 0) is 55.7 Å². The Labute approximate surface area is 163 Å². The number of aliphatic imine (C=N–C) groups is 1. The van der Waals surface area contributed by atoms with Crippen LogP contribution in [0.3, 0.4) is 0 Å². The molecule has 1 aromatic rings. The van der Waals surface area contributed by atoms with Gasteiger partial charge in [-0.15, -0.1) is 0 Å². The Hall–Kier alpha value is -2.54. The number of thioether (sulfide) groups is 1. The summed E-state index contributed by atoms with van der Waals surface area (Å²) < 4.78 is 10.3. The Morgan fingerprint density at radius 3 is 2.52 bits per heavy atom. The summed E-state index contributed by atoms with van der Waals surface area (Å²) in [5.41, 5.74) is 2.69. The molecule has 0 atom stereocenters. The van der Waals surface area contributed by atoms with Crippen molar-refractivity contribution in [1.29, 1.82) is 0 Å². The first-order chi connectivity index (χ1) is 12.8. The molecule has 0 saturated carbocycles. The van der Waals surface area contributed by atoms with Crippen LogP contribution >= 0.6 is 11.8 Å². The maximum absolute atomic E-state index is 12.2. The Balaban J connectivity index is 2.53. The zero-order valence-electron chi connectivity index (χ0n) is 16.1. The van der Waals surface area contributed by atoms with E-state index in [4.69, 9.17) is 9.47 Å². The number of amides is 1. The summed E-state index contributed by atoms with van der Waals surface area (Å²) in [6.45, 7) is 7.36. The third-order valence-electron chi connectivity index (χ3n) is 3.97. The van der Waals surface area contributed by atoms with Gasteiger partial charge in [0.25, 0.3) is 0 Å². The predicted octanol–water partition coefficient (Wildman–Crippen LogP) is 4.11. The average Bonchev–Trinajstić information content (AvgIpc) is 2.93. The number of carbonyl (C=O) groups excluding carboxylic acids is 2. The molecule has 144 valence electrons. The SMILES string of the molecule is CCOC(=O)C1=C(O)/C(=C/c2cc(C)c(OC)cc2C)SC1=NC(=O)CC. The zero-order valence-corrected chi connectivity index (χ0v) is 16.9. The van der Waals surface area contributed by atoms with E-state index >= 15 is 0 Å². The Morgan fingerprint density at radius 1 is 1.22 bits per heavy atom. The van der Waals surface area contributed by atoms with E-state index in [1.165, 1.54) is 0 Å². The van der Waals surface area contributed by atoms with Gasteiger partial charge in [-0.1, -0.05) is 18.7 Å². The molecule has 0 unspecified atom stereocenters. The van der Waals surface area contributed by atoms with Crippen molar-refractivity contribution in [2.24, 2.45) is 4.99 Å². The topological polar surface area (TPSA) is 85.2 Å². The lowest BCUT2D eigenvalue weighted by Gasteiger charge is -2.09. The van der Waals surface area contributed by atoms with E-state index < -0.39 is 5.97 Å². The fraction of sp³-hybridized carbons (Fsp3) is 0.350.